The zero-order valence-electron chi connectivity index (χ0n) is 17.8. The smallest absolute Gasteiger partial charge is 0.410 e. The van der Waals surface area contributed by atoms with Crippen molar-refractivity contribution in [1.29, 1.82) is 0 Å². The molecule has 0 aromatic carbocycles. The predicted molar refractivity (Wildman–Crippen MR) is 109 cm³/mol. The third kappa shape index (κ3) is 3.76. The molecule has 0 radical (unpaired) electrons. The molecule has 3 aliphatic rings. The maximum Gasteiger partial charge on any atom is 0.410 e. The van der Waals surface area contributed by atoms with Gasteiger partial charge in [0.05, 0.1) is 5.69 Å². The third-order valence-corrected chi connectivity index (χ3v) is 6.22. The van der Waals surface area contributed by atoms with Crippen LogP contribution in [0.2, 0.25) is 0 Å². The van der Waals surface area contributed by atoms with Crippen molar-refractivity contribution in [1.82, 2.24) is 14.9 Å². The van der Waals surface area contributed by atoms with Crippen molar-refractivity contribution < 1.29 is 9.53 Å². The second-order valence-electron chi connectivity index (χ2n) is 10.5. The number of hydrogen-bond acceptors (Lipinski definition) is 6. The lowest BCUT2D eigenvalue weighted by Gasteiger charge is -2.33. The first-order valence-corrected chi connectivity index (χ1v) is 10.4. The number of nitrogens with zero attached hydrogens (tertiary/aromatic N) is 4. The maximum absolute atomic E-state index is 12.4. The Morgan fingerprint density at radius 1 is 1.14 bits per heavy atom. The molecule has 2 atom stereocenters. The highest BCUT2D eigenvalue weighted by atomic mass is 16.6. The largest absolute Gasteiger partial charge is 0.444 e. The average molecular weight is 388 g/mol. The SMILES string of the molecule is CC1(C)CCc2c(nc(N)nc2N2CC3CN(C(=O)OC(C)(C)C)CC3C2)C1. The van der Waals surface area contributed by atoms with Gasteiger partial charge in [0.15, 0.2) is 0 Å². The van der Waals surface area contributed by atoms with Crippen molar-refractivity contribution >= 4 is 17.9 Å². The first-order valence-electron chi connectivity index (χ1n) is 10.4. The molecule has 3 heterocycles. The lowest BCUT2D eigenvalue weighted by molar-refractivity contribution is 0.0282. The van der Waals surface area contributed by atoms with Gasteiger partial charge in [0.2, 0.25) is 5.95 Å². The van der Waals surface area contributed by atoms with Gasteiger partial charge in [-0.05, 0) is 45.4 Å². The minimum atomic E-state index is -0.452. The van der Waals surface area contributed by atoms with Gasteiger partial charge < -0.3 is 20.3 Å². The van der Waals surface area contributed by atoms with E-state index in [1.165, 1.54) is 5.56 Å². The second kappa shape index (κ2) is 6.49. The number of amides is 1. The van der Waals surface area contributed by atoms with Gasteiger partial charge in [0.1, 0.15) is 11.4 Å². The fourth-order valence-corrected chi connectivity index (χ4v) is 4.85. The lowest BCUT2D eigenvalue weighted by atomic mass is 9.76. The Balaban J connectivity index is 1.47. The van der Waals surface area contributed by atoms with Crippen LogP contribution >= 0.6 is 0 Å². The number of aromatic nitrogens is 2. The molecule has 2 fully saturated rings. The molecule has 0 bridgehead atoms. The zero-order chi connectivity index (χ0) is 20.3. The number of carbonyl (C=O) groups is 1. The summed E-state index contributed by atoms with van der Waals surface area (Å²) in [6, 6.07) is 0. The molecular weight excluding hydrogens is 354 g/mol. The van der Waals surface area contributed by atoms with Crippen molar-refractivity contribution in [2.75, 3.05) is 36.8 Å². The molecule has 0 saturated carbocycles. The summed E-state index contributed by atoms with van der Waals surface area (Å²) in [7, 11) is 0. The average Bonchev–Trinajstić information content (AvgIpc) is 3.09. The van der Waals surface area contributed by atoms with Gasteiger partial charge in [0, 0.05) is 43.6 Å². The number of hydrogen-bond donors (Lipinski definition) is 1. The molecule has 7 nitrogen and oxygen atoms in total. The molecule has 28 heavy (non-hydrogen) atoms. The minimum absolute atomic E-state index is 0.195. The van der Waals surface area contributed by atoms with E-state index in [2.05, 4.69) is 28.7 Å². The molecule has 2 unspecified atom stereocenters. The summed E-state index contributed by atoms with van der Waals surface area (Å²) < 4.78 is 5.54. The van der Waals surface area contributed by atoms with Crippen LogP contribution in [0, 0.1) is 17.3 Å². The van der Waals surface area contributed by atoms with Crippen molar-refractivity contribution in [3.63, 3.8) is 0 Å². The highest BCUT2D eigenvalue weighted by Crippen LogP contribution is 2.40. The van der Waals surface area contributed by atoms with E-state index < -0.39 is 5.60 Å². The molecule has 2 aliphatic heterocycles. The third-order valence-electron chi connectivity index (χ3n) is 6.22. The Hall–Kier alpha value is -2.05. The highest BCUT2D eigenvalue weighted by molar-refractivity contribution is 5.68. The molecule has 2 saturated heterocycles. The fraction of sp³-hybridized carbons (Fsp3) is 0.762. The molecule has 1 amide bonds. The molecule has 2 N–H and O–H groups in total. The number of rotatable bonds is 1. The summed E-state index contributed by atoms with van der Waals surface area (Å²) in [5.74, 6) is 2.31. The van der Waals surface area contributed by atoms with Gasteiger partial charge in [-0.25, -0.2) is 9.78 Å². The van der Waals surface area contributed by atoms with Crippen molar-refractivity contribution in [2.45, 2.75) is 59.5 Å². The molecule has 154 valence electrons. The van der Waals surface area contributed by atoms with Gasteiger partial charge in [-0.3, -0.25) is 0 Å². The monoisotopic (exact) mass is 387 g/mol. The van der Waals surface area contributed by atoms with Crippen LogP contribution in [0.3, 0.4) is 0 Å². The molecule has 4 rings (SSSR count). The van der Waals surface area contributed by atoms with Crippen molar-refractivity contribution in [3.05, 3.63) is 11.3 Å². The Morgan fingerprint density at radius 2 is 1.79 bits per heavy atom. The topological polar surface area (TPSA) is 84.6 Å². The van der Waals surface area contributed by atoms with Gasteiger partial charge in [0.25, 0.3) is 0 Å². The van der Waals surface area contributed by atoms with E-state index >= 15 is 0 Å². The number of nitrogens with two attached hydrogens (primary N) is 1. The van der Waals surface area contributed by atoms with E-state index in [1.807, 2.05) is 25.7 Å². The number of ether oxygens (including phenoxy) is 1. The summed E-state index contributed by atoms with van der Waals surface area (Å²) in [4.78, 5) is 25.8. The predicted octanol–water partition coefficient (Wildman–Crippen LogP) is 2.88. The Bertz CT molecular complexity index is 772. The second-order valence-corrected chi connectivity index (χ2v) is 10.5. The van der Waals surface area contributed by atoms with E-state index in [-0.39, 0.29) is 11.5 Å². The van der Waals surface area contributed by atoms with Crippen LogP contribution in [0.15, 0.2) is 0 Å². The number of fused-ring (bicyclic) bond motifs is 2. The molecule has 1 aromatic rings. The van der Waals surface area contributed by atoms with E-state index in [9.17, 15) is 4.79 Å². The van der Waals surface area contributed by atoms with Crippen molar-refractivity contribution in [3.8, 4) is 0 Å². The Labute approximate surface area is 167 Å². The molecule has 7 heteroatoms. The first-order chi connectivity index (χ1) is 13.0. The van der Waals surface area contributed by atoms with Gasteiger partial charge >= 0.3 is 6.09 Å². The number of likely N-dealkylation sites (tertiary alicyclic amines) is 1. The molecule has 0 spiro atoms. The molecule has 1 aromatic heterocycles. The zero-order valence-corrected chi connectivity index (χ0v) is 17.8. The summed E-state index contributed by atoms with van der Waals surface area (Å²) in [5, 5.41) is 0. The lowest BCUT2D eigenvalue weighted by Crippen LogP contribution is -2.38. The number of anilines is 2. The maximum atomic E-state index is 12.4. The normalized spacial score (nSPS) is 26.2. The van der Waals surface area contributed by atoms with Crippen LogP contribution in [0.4, 0.5) is 16.6 Å². The van der Waals surface area contributed by atoms with Crippen LogP contribution < -0.4 is 10.6 Å². The van der Waals surface area contributed by atoms with Crippen molar-refractivity contribution in [2.24, 2.45) is 17.3 Å². The standard InChI is InChI=1S/C21H33N5O2/c1-20(2,3)28-19(27)26-11-13-9-25(10-14(13)12-26)17-15-6-7-21(4,5)8-16(15)23-18(22)24-17/h13-14H,6-12H2,1-5H3,(H2,22,23,24). The molecular formula is C21H33N5O2. The van der Waals surface area contributed by atoms with Crippen LogP contribution in [-0.4, -0.2) is 52.7 Å². The van der Waals surface area contributed by atoms with Crippen LogP contribution in [0.5, 0.6) is 0 Å². The van der Waals surface area contributed by atoms with Crippen LogP contribution in [0.1, 0.15) is 52.3 Å². The van der Waals surface area contributed by atoms with Gasteiger partial charge in [-0.1, -0.05) is 13.8 Å². The quantitative estimate of drug-likeness (QED) is 0.798. The first kappa shape index (κ1) is 19.3. The van der Waals surface area contributed by atoms with Crippen LogP contribution in [-0.2, 0) is 17.6 Å². The number of carbonyl (C=O) groups excluding carboxylic acids is 1. The van der Waals surface area contributed by atoms with Gasteiger partial charge in [-0.2, -0.15) is 4.98 Å². The van der Waals surface area contributed by atoms with E-state index in [0.717, 1.165) is 57.0 Å². The van der Waals surface area contributed by atoms with E-state index in [1.54, 1.807) is 0 Å². The Kier molecular flexibility index (Phi) is 4.47. The Morgan fingerprint density at radius 3 is 2.39 bits per heavy atom. The van der Waals surface area contributed by atoms with Crippen LogP contribution in [0.25, 0.3) is 0 Å². The number of nitrogen functional groups attached to an aromatic ring is 1. The fourth-order valence-electron chi connectivity index (χ4n) is 4.85. The van der Waals surface area contributed by atoms with E-state index in [0.29, 0.717) is 17.8 Å². The van der Waals surface area contributed by atoms with Gasteiger partial charge in [-0.15, -0.1) is 0 Å². The summed E-state index contributed by atoms with van der Waals surface area (Å²) in [5.41, 5.74) is 8.26. The summed E-state index contributed by atoms with van der Waals surface area (Å²) in [6.45, 7) is 13.7. The summed E-state index contributed by atoms with van der Waals surface area (Å²) >= 11 is 0. The summed E-state index contributed by atoms with van der Waals surface area (Å²) in [6.07, 6.45) is 2.91. The minimum Gasteiger partial charge on any atom is -0.444 e. The van der Waals surface area contributed by atoms with E-state index in [4.69, 9.17) is 10.5 Å². The molecule has 1 aliphatic carbocycles. The highest BCUT2D eigenvalue weighted by Gasteiger charge is 2.44.